The predicted octanol–water partition coefficient (Wildman–Crippen LogP) is 2.68. The highest BCUT2D eigenvalue weighted by molar-refractivity contribution is 5.83. The van der Waals surface area contributed by atoms with Crippen molar-refractivity contribution in [2.24, 2.45) is 23.7 Å². The molecule has 3 aliphatic rings. The molecule has 0 aromatic rings. The molecule has 348 valence electrons. The molecule has 3 heterocycles. The summed E-state index contributed by atoms with van der Waals surface area (Å²) in [5.74, 6) is -6.64. The molecule has 0 aromatic heterocycles. The number of carbonyl (C=O) groups is 4. The van der Waals surface area contributed by atoms with Crippen LogP contribution in [-0.4, -0.2) is 161 Å². The molecule has 0 spiro atoms. The second kappa shape index (κ2) is 21.4. The molecule has 0 saturated carbocycles. The minimum atomic E-state index is -2.04. The van der Waals surface area contributed by atoms with Crippen LogP contribution >= 0.6 is 0 Å². The van der Waals surface area contributed by atoms with Crippen LogP contribution in [-0.2, 0) is 57.1 Å². The molecule has 18 atom stereocenters. The average Bonchev–Trinajstić information content (AvgIpc) is 3.17. The number of ketones is 1. The number of aliphatic hydroxyl groups excluding tert-OH is 2. The van der Waals surface area contributed by atoms with Gasteiger partial charge in [0.15, 0.2) is 18.7 Å². The summed E-state index contributed by atoms with van der Waals surface area (Å²) >= 11 is 0. The number of ether oxygens (including phenoxy) is 8. The van der Waals surface area contributed by atoms with Crippen LogP contribution in [0.15, 0.2) is 0 Å². The van der Waals surface area contributed by atoms with Gasteiger partial charge in [-0.3, -0.25) is 19.2 Å². The van der Waals surface area contributed by atoms with Crippen LogP contribution in [0, 0.1) is 23.7 Å². The highest BCUT2D eigenvalue weighted by atomic mass is 16.7. The van der Waals surface area contributed by atoms with Crippen LogP contribution in [0.5, 0.6) is 0 Å². The maximum atomic E-state index is 14.3. The van der Waals surface area contributed by atoms with E-state index in [9.17, 15) is 39.6 Å². The quantitative estimate of drug-likeness (QED) is 0.163. The second-order valence-electron chi connectivity index (χ2n) is 18.2. The van der Waals surface area contributed by atoms with Crippen molar-refractivity contribution in [2.75, 3.05) is 27.8 Å². The molecule has 17 nitrogen and oxygen atoms in total. The number of likely N-dealkylation sites (N-methyl/N-ethyl adjacent to an activating group) is 1. The van der Waals surface area contributed by atoms with Gasteiger partial charge in [-0.25, -0.2) is 0 Å². The third-order valence-electron chi connectivity index (χ3n) is 12.9. The highest BCUT2D eigenvalue weighted by Crippen LogP contribution is 2.41. The SMILES string of the molecule is CCOC(=O)CCC(=O)O[C@@H]1[C@H](O[C@@H]2[C@H](C)[C@H](O[C@@H]3C[C@](C)(OC)[C@H](O)[C@H](C)O3)[C@H](C)C(=O)O[C@H](CC)[C@](C)(O)[C@H](O)[C@H](C)C(=O)[C@H](C)C[C@]2(C)O)O[C@H](C)C[C@@H]1N(C)C. The van der Waals surface area contributed by atoms with E-state index in [2.05, 4.69) is 0 Å². The first-order valence-electron chi connectivity index (χ1n) is 21.5. The first-order chi connectivity index (χ1) is 27.8. The molecule has 0 bridgehead atoms. The van der Waals surface area contributed by atoms with Gasteiger partial charge in [-0.1, -0.05) is 27.7 Å². The van der Waals surface area contributed by atoms with Crippen LogP contribution < -0.4 is 0 Å². The van der Waals surface area contributed by atoms with Crippen molar-refractivity contribution in [3.05, 3.63) is 0 Å². The highest BCUT2D eigenvalue weighted by Gasteiger charge is 2.54. The van der Waals surface area contributed by atoms with Gasteiger partial charge in [0.1, 0.15) is 23.6 Å². The second-order valence-corrected chi connectivity index (χ2v) is 18.2. The Morgan fingerprint density at radius 1 is 0.850 bits per heavy atom. The molecule has 3 rings (SSSR count). The molecule has 3 saturated heterocycles. The van der Waals surface area contributed by atoms with E-state index >= 15 is 0 Å². The third kappa shape index (κ3) is 12.2. The number of nitrogens with zero attached hydrogens (tertiary/aromatic N) is 1. The monoisotopic (exact) mass is 862 g/mol. The molecule has 17 heteroatoms. The minimum Gasteiger partial charge on any atom is -0.466 e. The number of aliphatic hydroxyl groups is 4. The number of cyclic esters (lactones) is 1. The molecule has 0 radical (unpaired) electrons. The third-order valence-corrected chi connectivity index (χ3v) is 12.9. The molecule has 0 amide bonds. The van der Waals surface area contributed by atoms with E-state index in [0.717, 1.165) is 0 Å². The molecular formula is C43H75NO16. The van der Waals surface area contributed by atoms with Crippen molar-refractivity contribution in [1.82, 2.24) is 4.90 Å². The molecule has 60 heavy (non-hydrogen) atoms. The number of rotatable bonds is 12. The van der Waals surface area contributed by atoms with Gasteiger partial charge in [0.2, 0.25) is 0 Å². The van der Waals surface area contributed by atoms with Gasteiger partial charge in [0.05, 0.1) is 73.1 Å². The lowest BCUT2D eigenvalue weighted by molar-refractivity contribution is -0.319. The van der Waals surface area contributed by atoms with Crippen molar-refractivity contribution in [2.45, 2.75) is 199 Å². The number of esters is 3. The minimum absolute atomic E-state index is 0.0431. The van der Waals surface area contributed by atoms with E-state index in [1.54, 1.807) is 48.5 Å². The fraction of sp³-hybridized carbons (Fsp3) is 0.907. The molecule has 0 unspecified atom stereocenters. The molecule has 4 N–H and O–H groups in total. The fourth-order valence-corrected chi connectivity index (χ4v) is 9.17. The molecular weight excluding hydrogens is 786 g/mol. The first kappa shape index (κ1) is 52.0. The molecule has 3 fully saturated rings. The maximum absolute atomic E-state index is 14.3. The van der Waals surface area contributed by atoms with Gasteiger partial charge >= 0.3 is 17.9 Å². The van der Waals surface area contributed by atoms with Gasteiger partial charge in [0, 0.05) is 31.3 Å². The van der Waals surface area contributed by atoms with Crippen molar-refractivity contribution in [1.29, 1.82) is 0 Å². The Morgan fingerprint density at radius 2 is 1.47 bits per heavy atom. The summed E-state index contributed by atoms with van der Waals surface area (Å²) in [6, 6.07) is -0.443. The topological polar surface area (TPSA) is 226 Å². The van der Waals surface area contributed by atoms with E-state index < -0.39 is 132 Å². The van der Waals surface area contributed by atoms with E-state index in [4.69, 9.17) is 37.9 Å². The van der Waals surface area contributed by atoms with Crippen molar-refractivity contribution >= 4 is 23.7 Å². The predicted molar refractivity (Wildman–Crippen MR) is 216 cm³/mol. The van der Waals surface area contributed by atoms with E-state index in [0.29, 0.717) is 6.42 Å². The number of hydrogen-bond donors (Lipinski definition) is 4. The Hall–Kier alpha value is -2.32. The van der Waals surface area contributed by atoms with Gasteiger partial charge in [-0.15, -0.1) is 0 Å². The van der Waals surface area contributed by atoms with E-state index in [-0.39, 0.29) is 38.7 Å². The number of methoxy groups -OCH3 is 1. The van der Waals surface area contributed by atoms with Crippen LogP contribution in [0.2, 0.25) is 0 Å². The smallest absolute Gasteiger partial charge is 0.311 e. The Bertz CT molecular complexity index is 1440. The summed E-state index contributed by atoms with van der Waals surface area (Å²) in [5.41, 5.74) is -5.06. The zero-order chi connectivity index (χ0) is 45.7. The number of carbonyl (C=O) groups excluding carboxylic acids is 4. The summed E-state index contributed by atoms with van der Waals surface area (Å²) in [5, 5.41) is 46.8. The van der Waals surface area contributed by atoms with Crippen LogP contribution in [0.25, 0.3) is 0 Å². The summed E-state index contributed by atoms with van der Waals surface area (Å²) in [6.07, 6.45) is -11.1. The van der Waals surface area contributed by atoms with Crippen LogP contribution in [0.1, 0.15) is 115 Å². The summed E-state index contributed by atoms with van der Waals surface area (Å²) in [6.45, 7) is 17.9. The molecule has 0 aromatic carbocycles. The zero-order valence-electron chi connectivity index (χ0n) is 38.2. The van der Waals surface area contributed by atoms with E-state index in [1.165, 1.54) is 27.9 Å². The largest absolute Gasteiger partial charge is 0.466 e. The lowest BCUT2D eigenvalue weighted by atomic mass is 9.74. The summed E-state index contributed by atoms with van der Waals surface area (Å²) in [7, 11) is 5.09. The Balaban J connectivity index is 2.22. The average molecular weight is 862 g/mol. The lowest BCUT2D eigenvalue weighted by Crippen LogP contribution is -2.61. The number of Topliss-reactive ketones (excluding diaryl/α,β-unsaturated/α-hetero) is 1. The van der Waals surface area contributed by atoms with Gasteiger partial charge in [-0.05, 0) is 81.8 Å². The van der Waals surface area contributed by atoms with Crippen LogP contribution in [0.3, 0.4) is 0 Å². The lowest BCUT2D eigenvalue weighted by Gasteiger charge is -2.49. The molecule has 3 aliphatic heterocycles. The Kier molecular flexibility index (Phi) is 18.5. The zero-order valence-corrected chi connectivity index (χ0v) is 38.2. The van der Waals surface area contributed by atoms with E-state index in [1.807, 2.05) is 25.9 Å². The standard InChI is InChI=1S/C43H75NO16/c1-15-29-43(11,52)36(48)24(5)33(47)22(3)20-41(9,51)38(25(6)34(26(7)39(50)57-29)59-32-21-42(10,53-14)37(49)27(8)56-32)60-40-35(28(44(12)13)19-23(4)55-40)58-31(46)18-17-30(45)54-16-2/h22-29,32,34-38,40,48-49,51-52H,15-21H2,1-14H3/t22-,23-,24-,25-,26+,27+,28+,29-,32-,34+,35+,36-,37-,38-,40+,41+,42+,43+/m1/s1. The number of hydrogen-bond acceptors (Lipinski definition) is 17. The summed E-state index contributed by atoms with van der Waals surface area (Å²) < 4.78 is 48.8. The van der Waals surface area contributed by atoms with Crippen molar-refractivity contribution in [3.63, 3.8) is 0 Å². The normalized spacial score (nSPS) is 43.8. The van der Waals surface area contributed by atoms with Gasteiger partial charge < -0.3 is 63.2 Å². The Labute approximate surface area is 356 Å². The first-order valence-corrected chi connectivity index (χ1v) is 21.5. The van der Waals surface area contributed by atoms with Gasteiger partial charge in [0.25, 0.3) is 0 Å². The Morgan fingerprint density at radius 3 is 2.03 bits per heavy atom. The van der Waals surface area contributed by atoms with Crippen molar-refractivity contribution < 1.29 is 77.5 Å². The van der Waals surface area contributed by atoms with Crippen LogP contribution in [0.4, 0.5) is 0 Å². The van der Waals surface area contributed by atoms with Crippen molar-refractivity contribution in [3.8, 4) is 0 Å². The fourth-order valence-electron chi connectivity index (χ4n) is 9.17. The molecule has 0 aliphatic carbocycles. The summed E-state index contributed by atoms with van der Waals surface area (Å²) in [4.78, 5) is 55.6. The maximum Gasteiger partial charge on any atom is 0.311 e. The van der Waals surface area contributed by atoms with Gasteiger partial charge in [-0.2, -0.15) is 0 Å².